The Balaban J connectivity index is 0.000000226. The zero-order valence-corrected chi connectivity index (χ0v) is 34.0. The van der Waals surface area contributed by atoms with E-state index in [1.54, 1.807) is 19.3 Å². The van der Waals surface area contributed by atoms with Gasteiger partial charge in [-0.1, -0.05) is 66.6 Å². The van der Waals surface area contributed by atoms with E-state index in [0.29, 0.717) is 35.3 Å². The molecular weight excluding hydrogens is 725 g/mol. The highest BCUT2D eigenvalue weighted by molar-refractivity contribution is 5.84. The third kappa shape index (κ3) is 11.5. The zero-order valence-electron chi connectivity index (χ0n) is 34.0. The van der Waals surface area contributed by atoms with Gasteiger partial charge in [0.15, 0.2) is 0 Å². The molecule has 11 heteroatoms. The molecule has 5 aromatic carbocycles. The average Bonchev–Trinajstić information content (AvgIpc) is 3.21. The third-order valence-electron chi connectivity index (χ3n) is 9.64. The number of rotatable bonds is 10. The fourth-order valence-electron chi connectivity index (χ4n) is 6.62. The summed E-state index contributed by atoms with van der Waals surface area (Å²) in [5, 5.41) is 19.8. The summed E-state index contributed by atoms with van der Waals surface area (Å²) in [5.74, 6) is 0.989. The molecule has 0 fully saturated rings. The van der Waals surface area contributed by atoms with Gasteiger partial charge in [-0.05, 0) is 118 Å². The van der Waals surface area contributed by atoms with E-state index < -0.39 is 6.09 Å². The van der Waals surface area contributed by atoms with E-state index in [0.717, 1.165) is 34.6 Å². The molecule has 0 aromatic heterocycles. The molecule has 1 aliphatic rings. The maximum absolute atomic E-state index is 12.2. The lowest BCUT2D eigenvalue weighted by Gasteiger charge is -2.47. The highest BCUT2D eigenvalue weighted by Gasteiger charge is 2.36. The van der Waals surface area contributed by atoms with E-state index in [2.05, 4.69) is 73.3 Å². The first-order chi connectivity index (χ1) is 27.9. The lowest BCUT2D eigenvalue weighted by molar-refractivity contribution is 0.161. The average molecular weight is 773 g/mol. The van der Waals surface area contributed by atoms with Crippen LogP contribution in [-0.2, 0) is 4.74 Å². The Morgan fingerprint density at radius 3 is 2.02 bits per heavy atom. The number of carbonyl (C=O) groups excluding carboxylic acids is 1. The van der Waals surface area contributed by atoms with Gasteiger partial charge in [-0.25, -0.2) is 4.79 Å². The van der Waals surface area contributed by atoms with Crippen molar-refractivity contribution in [2.75, 3.05) is 30.5 Å². The van der Waals surface area contributed by atoms with Crippen LogP contribution < -0.4 is 15.0 Å². The lowest BCUT2D eigenvalue weighted by Crippen LogP contribution is -2.50. The summed E-state index contributed by atoms with van der Waals surface area (Å²) < 4.78 is 10.9. The molecule has 1 N–H and O–H groups in total. The summed E-state index contributed by atoms with van der Waals surface area (Å²) in [6.07, 6.45) is 2.13. The normalized spacial score (nSPS) is 14.0. The minimum absolute atomic E-state index is 0.0616. The van der Waals surface area contributed by atoms with Crippen molar-refractivity contribution in [2.24, 2.45) is 20.5 Å². The molecule has 1 atom stereocenters. The van der Waals surface area contributed by atoms with Gasteiger partial charge in [-0.15, -0.1) is 5.11 Å². The maximum Gasteiger partial charge on any atom is 0.519 e. The van der Waals surface area contributed by atoms with Crippen LogP contribution in [0.5, 0.6) is 5.75 Å². The Bertz CT molecular complexity index is 2360. The van der Waals surface area contributed by atoms with Crippen LogP contribution in [0.3, 0.4) is 0 Å². The summed E-state index contributed by atoms with van der Waals surface area (Å²) in [7, 11) is 1.60. The number of nitrogens with zero attached hydrogens (tertiary/aromatic N) is 7. The highest BCUT2D eigenvalue weighted by atomic mass is 16.5. The van der Waals surface area contributed by atoms with Crippen LogP contribution in [0.1, 0.15) is 60.9 Å². The van der Waals surface area contributed by atoms with Gasteiger partial charge in [0.25, 0.3) is 0 Å². The minimum atomic E-state index is -0.470. The number of anilines is 2. The van der Waals surface area contributed by atoms with Gasteiger partial charge in [0.1, 0.15) is 31.2 Å². The first-order valence-corrected chi connectivity index (χ1v) is 18.9. The Morgan fingerprint density at radius 2 is 1.41 bits per heavy atom. The van der Waals surface area contributed by atoms with Crippen molar-refractivity contribution < 1.29 is 14.3 Å². The number of aryl methyl sites for hydroxylation is 3. The molecule has 0 radical (unpaired) electrons. The van der Waals surface area contributed by atoms with E-state index in [9.17, 15) is 4.79 Å². The van der Waals surface area contributed by atoms with E-state index in [1.807, 2.05) is 112 Å². The summed E-state index contributed by atoms with van der Waals surface area (Å²) in [6.45, 7) is 27.8. The van der Waals surface area contributed by atoms with E-state index in [-0.39, 0.29) is 18.0 Å². The topological polar surface area (TPSA) is 109 Å². The molecule has 11 nitrogen and oxygen atoms in total. The van der Waals surface area contributed by atoms with Gasteiger partial charge >= 0.3 is 11.9 Å². The van der Waals surface area contributed by atoms with Gasteiger partial charge in [-0.2, -0.15) is 25.0 Å². The molecule has 0 spiro atoms. The van der Waals surface area contributed by atoms with Crippen molar-refractivity contribution >= 4 is 46.3 Å². The van der Waals surface area contributed by atoms with E-state index in [4.69, 9.17) is 22.6 Å². The first-order valence-electron chi connectivity index (χ1n) is 18.9. The Morgan fingerprint density at radius 1 is 0.828 bits per heavy atom. The fourth-order valence-corrected chi connectivity index (χ4v) is 6.62. The summed E-state index contributed by atoms with van der Waals surface area (Å²) in [4.78, 5) is 21.0. The second kappa shape index (κ2) is 19.7. The molecular formula is C47H48N8O3. The van der Waals surface area contributed by atoms with Gasteiger partial charge in [0.05, 0.1) is 30.7 Å². The number of amides is 1. The predicted molar refractivity (Wildman–Crippen MR) is 232 cm³/mol. The summed E-state index contributed by atoms with van der Waals surface area (Å²) in [6, 6.07) is 34.6. The second-order valence-electron chi connectivity index (χ2n) is 14.6. The van der Waals surface area contributed by atoms with E-state index >= 15 is 0 Å². The van der Waals surface area contributed by atoms with Gasteiger partial charge < -0.3 is 14.4 Å². The molecule has 0 saturated heterocycles. The Labute approximate surface area is 341 Å². The maximum atomic E-state index is 12.2. The van der Waals surface area contributed by atoms with Gasteiger partial charge in [0, 0.05) is 29.1 Å². The van der Waals surface area contributed by atoms with Crippen LogP contribution in [0.2, 0.25) is 0 Å². The SMILES string of the molecule is COc1cc(N=Nc2ccc(C)cc2)ccc1N=Nc1ccc(C)cc1.[C-]#[N+]C(=Cc1cc2c(cc1C)N(CCOC(=O)Nc1ccccc1)C(C)(C)CC2C)[N+]#[C-]. The lowest BCUT2D eigenvalue weighted by atomic mass is 9.79. The first kappa shape index (κ1) is 42.0. The van der Waals surface area contributed by atoms with Crippen LogP contribution in [0.25, 0.3) is 15.8 Å². The Kier molecular flexibility index (Phi) is 14.2. The molecule has 6 rings (SSSR count). The monoisotopic (exact) mass is 772 g/mol. The molecule has 1 unspecified atom stereocenters. The standard InChI is InChI=1S/C26H28N4O2.C21H20N4O/c1-18-14-23-22(15-20(18)16-24(27-5)28-6)19(2)17-26(3,4)30(23)12-13-32-25(31)29-21-10-8-7-9-11-21;1-15-4-8-17(9-5-15)22-24-19-12-13-20(21(14-19)26-3)25-23-18-10-6-16(2)7-11-18/h7-11,14-16,19H,12-13,17H2,1-4H3,(H,29,31);4-14H,1-3H3. The van der Waals surface area contributed by atoms with Crippen LogP contribution in [0.15, 0.2) is 135 Å². The molecule has 58 heavy (non-hydrogen) atoms. The van der Waals surface area contributed by atoms with Crippen LogP contribution in [-0.4, -0.2) is 31.9 Å². The number of azo groups is 2. The number of nitrogens with one attached hydrogen (secondary N) is 1. The number of methoxy groups -OCH3 is 1. The molecule has 1 heterocycles. The van der Waals surface area contributed by atoms with Gasteiger partial charge in [0.2, 0.25) is 0 Å². The van der Waals surface area contributed by atoms with Crippen molar-refractivity contribution in [3.8, 4) is 5.75 Å². The molecule has 1 aliphatic heterocycles. The fraction of sp³-hybridized carbons (Fsp3) is 0.255. The summed E-state index contributed by atoms with van der Waals surface area (Å²) >= 11 is 0. The molecule has 0 bridgehead atoms. The molecule has 1 amide bonds. The van der Waals surface area contributed by atoms with Crippen molar-refractivity contribution in [1.82, 2.24) is 0 Å². The van der Waals surface area contributed by atoms with Crippen LogP contribution in [0.4, 0.5) is 38.9 Å². The quantitative estimate of drug-likeness (QED) is 0.113. The number of benzene rings is 5. The number of para-hydroxylation sites is 1. The number of ether oxygens (including phenoxy) is 2. The van der Waals surface area contributed by atoms with Crippen molar-refractivity contribution in [1.29, 1.82) is 0 Å². The minimum Gasteiger partial charge on any atom is -0.494 e. The third-order valence-corrected chi connectivity index (χ3v) is 9.64. The van der Waals surface area contributed by atoms with E-state index in [1.165, 1.54) is 16.7 Å². The van der Waals surface area contributed by atoms with Gasteiger partial charge in [-0.3, -0.25) is 5.32 Å². The van der Waals surface area contributed by atoms with Crippen LogP contribution >= 0.6 is 0 Å². The molecule has 5 aromatic rings. The Hall–Kier alpha value is -7.11. The smallest absolute Gasteiger partial charge is 0.494 e. The number of hydrogen-bond acceptors (Lipinski definition) is 8. The largest absolute Gasteiger partial charge is 0.519 e. The number of hydrogen-bond donors (Lipinski definition) is 1. The number of fused-ring (bicyclic) bond motifs is 1. The van der Waals surface area contributed by atoms with Crippen molar-refractivity contribution in [3.05, 3.63) is 166 Å². The van der Waals surface area contributed by atoms with Crippen LogP contribution in [0, 0.1) is 33.9 Å². The molecule has 0 saturated carbocycles. The zero-order chi connectivity index (χ0) is 41.7. The molecule has 0 aliphatic carbocycles. The number of carbonyl (C=O) groups is 1. The molecule has 294 valence electrons. The summed E-state index contributed by atoms with van der Waals surface area (Å²) in [5.41, 5.74) is 10.1. The highest BCUT2D eigenvalue weighted by Crippen LogP contribution is 2.44. The van der Waals surface area contributed by atoms with Crippen molar-refractivity contribution in [2.45, 2.75) is 59.4 Å². The second-order valence-corrected chi connectivity index (χ2v) is 14.6. The predicted octanol–water partition coefficient (Wildman–Crippen LogP) is 13.6. The van der Waals surface area contributed by atoms with Crippen molar-refractivity contribution in [3.63, 3.8) is 0 Å².